The molecule has 0 radical (unpaired) electrons. The number of thiazole rings is 1. The fourth-order valence-corrected chi connectivity index (χ4v) is 3.94. The predicted octanol–water partition coefficient (Wildman–Crippen LogP) is 3.64. The first kappa shape index (κ1) is 17.3. The SMILES string of the molecule is CCNC(=NCc1nc(C)c(C)s1)NCC1CCCC(C)C1. The smallest absolute Gasteiger partial charge is 0.191 e. The van der Waals surface area contributed by atoms with E-state index in [0.29, 0.717) is 6.54 Å². The van der Waals surface area contributed by atoms with E-state index in [1.807, 2.05) is 0 Å². The number of aryl methyl sites for hydroxylation is 2. The molecule has 0 aromatic carbocycles. The molecule has 2 N–H and O–H groups in total. The molecule has 22 heavy (non-hydrogen) atoms. The van der Waals surface area contributed by atoms with E-state index in [9.17, 15) is 0 Å². The van der Waals surface area contributed by atoms with Gasteiger partial charge in [-0.2, -0.15) is 0 Å². The normalized spacial score (nSPS) is 22.6. The zero-order chi connectivity index (χ0) is 15.9. The summed E-state index contributed by atoms with van der Waals surface area (Å²) in [5.74, 6) is 2.59. The Hall–Kier alpha value is -1.10. The van der Waals surface area contributed by atoms with Gasteiger partial charge in [-0.05, 0) is 45.4 Å². The second-order valence-corrected chi connectivity index (χ2v) is 7.75. The molecule has 2 rings (SSSR count). The Morgan fingerprint density at radius 2 is 2.14 bits per heavy atom. The van der Waals surface area contributed by atoms with Gasteiger partial charge >= 0.3 is 0 Å². The molecule has 5 heteroatoms. The van der Waals surface area contributed by atoms with Crippen LogP contribution >= 0.6 is 11.3 Å². The minimum Gasteiger partial charge on any atom is -0.357 e. The summed E-state index contributed by atoms with van der Waals surface area (Å²) in [4.78, 5) is 10.5. The lowest BCUT2D eigenvalue weighted by Gasteiger charge is -2.27. The zero-order valence-electron chi connectivity index (χ0n) is 14.4. The van der Waals surface area contributed by atoms with Crippen molar-refractivity contribution < 1.29 is 0 Å². The van der Waals surface area contributed by atoms with Crippen LogP contribution in [-0.2, 0) is 6.54 Å². The van der Waals surface area contributed by atoms with E-state index in [0.717, 1.165) is 41.6 Å². The standard InChI is InChI=1S/C17H30N4S/c1-5-18-17(19-10-15-8-6-7-12(2)9-15)20-11-16-21-13(3)14(4)22-16/h12,15H,5-11H2,1-4H3,(H2,18,19,20). The maximum absolute atomic E-state index is 4.68. The summed E-state index contributed by atoms with van der Waals surface area (Å²) >= 11 is 1.75. The van der Waals surface area contributed by atoms with Crippen molar-refractivity contribution in [1.29, 1.82) is 0 Å². The van der Waals surface area contributed by atoms with Crippen LogP contribution in [0.25, 0.3) is 0 Å². The third-order valence-corrected chi connectivity index (χ3v) is 5.45. The molecule has 0 saturated heterocycles. The van der Waals surface area contributed by atoms with Crippen molar-refractivity contribution in [2.75, 3.05) is 13.1 Å². The van der Waals surface area contributed by atoms with Crippen molar-refractivity contribution in [3.63, 3.8) is 0 Å². The van der Waals surface area contributed by atoms with Crippen LogP contribution in [0.1, 0.15) is 55.1 Å². The fraction of sp³-hybridized carbons (Fsp3) is 0.765. The maximum atomic E-state index is 4.68. The molecule has 124 valence electrons. The quantitative estimate of drug-likeness (QED) is 0.643. The number of nitrogens with one attached hydrogen (secondary N) is 2. The molecular formula is C17H30N4S. The van der Waals surface area contributed by atoms with Crippen molar-refractivity contribution >= 4 is 17.3 Å². The van der Waals surface area contributed by atoms with E-state index < -0.39 is 0 Å². The average Bonchev–Trinajstić information content (AvgIpc) is 2.81. The molecule has 1 heterocycles. The molecule has 0 amide bonds. The number of aromatic nitrogens is 1. The highest BCUT2D eigenvalue weighted by atomic mass is 32.1. The number of rotatable bonds is 5. The third kappa shape index (κ3) is 5.27. The molecule has 0 aliphatic heterocycles. The van der Waals surface area contributed by atoms with Crippen LogP contribution in [0, 0.1) is 25.7 Å². The van der Waals surface area contributed by atoms with Crippen LogP contribution in [0.5, 0.6) is 0 Å². The van der Waals surface area contributed by atoms with Gasteiger partial charge in [0.05, 0.1) is 12.2 Å². The molecule has 1 saturated carbocycles. The van der Waals surface area contributed by atoms with E-state index in [2.05, 4.69) is 48.3 Å². The van der Waals surface area contributed by atoms with Gasteiger partial charge in [0.25, 0.3) is 0 Å². The second-order valence-electron chi connectivity index (χ2n) is 6.46. The van der Waals surface area contributed by atoms with Crippen LogP contribution in [-0.4, -0.2) is 24.0 Å². The Kier molecular flexibility index (Phi) is 6.68. The van der Waals surface area contributed by atoms with Crippen LogP contribution in [0.2, 0.25) is 0 Å². The molecule has 1 aromatic heterocycles. The van der Waals surface area contributed by atoms with Gasteiger partial charge in [-0.3, -0.25) is 0 Å². The molecule has 0 spiro atoms. The van der Waals surface area contributed by atoms with Crippen LogP contribution in [0.15, 0.2) is 4.99 Å². The molecule has 1 aliphatic rings. The number of nitrogens with zero attached hydrogens (tertiary/aromatic N) is 2. The highest BCUT2D eigenvalue weighted by Crippen LogP contribution is 2.27. The first-order valence-electron chi connectivity index (χ1n) is 8.53. The molecule has 1 fully saturated rings. The second kappa shape index (κ2) is 8.51. The Bertz CT molecular complexity index is 475. The molecule has 2 atom stereocenters. The van der Waals surface area contributed by atoms with E-state index >= 15 is 0 Å². The number of hydrogen-bond donors (Lipinski definition) is 2. The number of guanidine groups is 1. The van der Waals surface area contributed by atoms with Crippen molar-refractivity contribution in [3.05, 3.63) is 15.6 Å². The van der Waals surface area contributed by atoms with Crippen molar-refractivity contribution in [1.82, 2.24) is 15.6 Å². The van der Waals surface area contributed by atoms with Gasteiger partial charge in [-0.25, -0.2) is 9.98 Å². The molecule has 1 aromatic rings. The summed E-state index contributed by atoms with van der Waals surface area (Å²) in [6.07, 6.45) is 5.46. The van der Waals surface area contributed by atoms with Crippen LogP contribution in [0.3, 0.4) is 0 Å². The summed E-state index contributed by atoms with van der Waals surface area (Å²) in [5, 5.41) is 7.95. The largest absolute Gasteiger partial charge is 0.357 e. The summed E-state index contributed by atoms with van der Waals surface area (Å²) in [5.41, 5.74) is 1.13. The summed E-state index contributed by atoms with van der Waals surface area (Å²) in [6, 6.07) is 0. The van der Waals surface area contributed by atoms with E-state index in [-0.39, 0.29) is 0 Å². The van der Waals surface area contributed by atoms with Gasteiger partial charge in [-0.1, -0.05) is 19.8 Å². The van der Waals surface area contributed by atoms with Crippen molar-refractivity contribution in [3.8, 4) is 0 Å². The van der Waals surface area contributed by atoms with Crippen molar-refractivity contribution in [2.45, 2.75) is 59.9 Å². The van der Waals surface area contributed by atoms with Gasteiger partial charge in [-0.15, -0.1) is 11.3 Å². The average molecular weight is 323 g/mol. The highest BCUT2D eigenvalue weighted by molar-refractivity contribution is 7.11. The van der Waals surface area contributed by atoms with Gasteiger partial charge in [0.2, 0.25) is 0 Å². The molecule has 1 aliphatic carbocycles. The molecule has 4 nitrogen and oxygen atoms in total. The lowest BCUT2D eigenvalue weighted by atomic mass is 9.82. The Labute approximate surface area is 138 Å². The van der Waals surface area contributed by atoms with Gasteiger partial charge in [0.15, 0.2) is 5.96 Å². The number of aliphatic imine (C=N–C) groups is 1. The van der Waals surface area contributed by atoms with E-state index in [4.69, 9.17) is 0 Å². The summed E-state index contributed by atoms with van der Waals surface area (Å²) < 4.78 is 0. The first-order chi connectivity index (χ1) is 10.6. The van der Waals surface area contributed by atoms with E-state index in [1.165, 1.54) is 30.6 Å². The summed E-state index contributed by atoms with van der Waals surface area (Å²) in [6.45, 7) is 11.3. The molecule has 2 unspecified atom stereocenters. The first-order valence-corrected chi connectivity index (χ1v) is 9.35. The predicted molar refractivity (Wildman–Crippen MR) is 95.5 cm³/mol. The third-order valence-electron chi connectivity index (χ3n) is 4.39. The van der Waals surface area contributed by atoms with E-state index in [1.54, 1.807) is 11.3 Å². The highest BCUT2D eigenvalue weighted by Gasteiger charge is 2.18. The lowest BCUT2D eigenvalue weighted by molar-refractivity contribution is 0.282. The topological polar surface area (TPSA) is 49.3 Å². The zero-order valence-corrected chi connectivity index (χ0v) is 15.2. The fourth-order valence-electron chi connectivity index (χ4n) is 3.08. The minimum atomic E-state index is 0.662. The van der Waals surface area contributed by atoms with Crippen LogP contribution < -0.4 is 10.6 Å². The van der Waals surface area contributed by atoms with Gasteiger partial charge in [0.1, 0.15) is 5.01 Å². The van der Waals surface area contributed by atoms with Crippen LogP contribution in [0.4, 0.5) is 0 Å². The maximum Gasteiger partial charge on any atom is 0.191 e. The monoisotopic (exact) mass is 322 g/mol. The Morgan fingerprint density at radius 3 is 2.77 bits per heavy atom. The lowest BCUT2D eigenvalue weighted by Crippen LogP contribution is -2.40. The Morgan fingerprint density at radius 1 is 1.32 bits per heavy atom. The van der Waals surface area contributed by atoms with Gasteiger partial charge < -0.3 is 10.6 Å². The van der Waals surface area contributed by atoms with Crippen molar-refractivity contribution in [2.24, 2.45) is 16.8 Å². The summed E-state index contributed by atoms with van der Waals surface area (Å²) in [7, 11) is 0. The molecular weight excluding hydrogens is 292 g/mol. The Balaban J connectivity index is 1.86. The number of hydrogen-bond acceptors (Lipinski definition) is 3. The minimum absolute atomic E-state index is 0.662. The van der Waals surface area contributed by atoms with Gasteiger partial charge in [0, 0.05) is 18.0 Å². The molecule has 0 bridgehead atoms.